The normalized spacial score (nSPS) is 10.2. The summed E-state index contributed by atoms with van der Waals surface area (Å²) in [5.74, 6) is -1.25. The Morgan fingerprint density at radius 2 is 1.80 bits per heavy atom. The average Bonchev–Trinajstić information content (AvgIpc) is 2.61. The molecule has 2 aromatic rings. The number of carbonyl (C=O) groups is 2. The van der Waals surface area contributed by atoms with Gasteiger partial charge in [0.15, 0.2) is 0 Å². The lowest BCUT2D eigenvalue weighted by molar-refractivity contribution is -0.384. The fourth-order valence-corrected chi connectivity index (χ4v) is 2.32. The highest BCUT2D eigenvalue weighted by molar-refractivity contribution is 6.06. The van der Waals surface area contributed by atoms with Crippen molar-refractivity contribution in [1.82, 2.24) is 0 Å². The number of benzene rings is 2. The van der Waals surface area contributed by atoms with Crippen LogP contribution >= 0.6 is 0 Å². The first-order chi connectivity index (χ1) is 12.0. The predicted molar refractivity (Wildman–Crippen MR) is 92.8 cm³/mol. The third kappa shape index (κ3) is 4.41. The molecule has 0 heterocycles. The van der Waals surface area contributed by atoms with Crippen molar-refractivity contribution in [2.24, 2.45) is 0 Å². The lowest BCUT2D eigenvalue weighted by Gasteiger charge is -2.10. The molecular formula is C18H18N2O5. The Hall–Kier alpha value is -3.22. The molecule has 0 aromatic heterocycles. The van der Waals surface area contributed by atoms with E-state index in [1.807, 2.05) is 19.1 Å². The molecule has 25 heavy (non-hydrogen) atoms. The number of hydrogen-bond acceptors (Lipinski definition) is 5. The Balaban J connectivity index is 2.38. The molecule has 2 aromatic carbocycles. The van der Waals surface area contributed by atoms with Gasteiger partial charge >= 0.3 is 5.97 Å². The number of non-ortho nitro benzene ring substituents is 1. The van der Waals surface area contributed by atoms with Gasteiger partial charge in [0.25, 0.3) is 11.6 Å². The van der Waals surface area contributed by atoms with Gasteiger partial charge in [-0.25, -0.2) is 4.79 Å². The monoisotopic (exact) mass is 342 g/mol. The average molecular weight is 342 g/mol. The van der Waals surface area contributed by atoms with Crippen LogP contribution in [0.1, 0.15) is 40.1 Å². The topological polar surface area (TPSA) is 98.5 Å². The summed E-state index contributed by atoms with van der Waals surface area (Å²) in [7, 11) is 0. The summed E-state index contributed by atoms with van der Waals surface area (Å²) in [5.41, 5.74) is 1.19. The van der Waals surface area contributed by atoms with Crippen LogP contribution in [0.4, 0.5) is 11.4 Å². The fourth-order valence-electron chi connectivity index (χ4n) is 2.32. The van der Waals surface area contributed by atoms with Gasteiger partial charge in [-0.1, -0.05) is 25.1 Å². The molecule has 0 aliphatic rings. The molecule has 7 nitrogen and oxygen atoms in total. The van der Waals surface area contributed by atoms with Crippen molar-refractivity contribution in [3.05, 3.63) is 69.3 Å². The molecule has 0 aliphatic carbocycles. The van der Waals surface area contributed by atoms with Crippen LogP contribution in [0, 0.1) is 10.1 Å². The molecule has 2 rings (SSSR count). The summed E-state index contributed by atoms with van der Waals surface area (Å²) >= 11 is 0. The number of amides is 1. The van der Waals surface area contributed by atoms with Gasteiger partial charge in [0.1, 0.15) is 0 Å². The number of esters is 1. The molecule has 0 aliphatic heterocycles. The van der Waals surface area contributed by atoms with Crippen LogP contribution in [-0.4, -0.2) is 23.4 Å². The van der Waals surface area contributed by atoms with Crippen LogP contribution in [0.25, 0.3) is 0 Å². The molecule has 130 valence electrons. The number of rotatable bonds is 6. The van der Waals surface area contributed by atoms with Gasteiger partial charge in [-0.3, -0.25) is 14.9 Å². The van der Waals surface area contributed by atoms with E-state index in [1.54, 1.807) is 19.1 Å². The Bertz CT molecular complexity index is 817. The van der Waals surface area contributed by atoms with Crippen LogP contribution in [0.15, 0.2) is 42.5 Å². The molecule has 0 spiro atoms. The summed E-state index contributed by atoms with van der Waals surface area (Å²) in [6, 6.07) is 10.8. The highest BCUT2D eigenvalue weighted by atomic mass is 16.6. The van der Waals surface area contributed by atoms with Crippen molar-refractivity contribution in [3.8, 4) is 0 Å². The van der Waals surface area contributed by atoms with Crippen molar-refractivity contribution in [2.75, 3.05) is 11.9 Å². The number of nitrogens with one attached hydrogen (secondary N) is 1. The number of anilines is 1. The quantitative estimate of drug-likeness (QED) is 0.491. The summed E-state index contributed by atoms with van der Waals surface area (Å²) in [4.78, 5) is 34.8. The van der Waals surface area contributed by atoms with Crippen molar-refractivity contribution >= 4 is 23.3 Å². The van der Waals surface area contributed by atoms with E-state index >= 15 is 0 Å². The van der Waals surface area contributed by atoms with Crippen molar-refractivity contribution in [3.63, 3.8) is 0 Å². The Morgan fingerprint density at radius 3 is 2.44 bits per heavy atom. The molecule has 0 fully saturated rings. The Labute approximate surface area is 144 Å². The van der Waals surface area contributed by atoms with Crippen molar-refractivity contribution in [1.29, 1.82) is 0 Å². The van der Waals surface area contributed by atoms with E-state index in [0.717, 1.165) is 24.1 Å². The molecule has 0 bridgehead atoms. The highest BCUT2D eigenvalue weighted by Gasteiger charge is 2.19. The van der Waals surface area contributed by atoms with Gasteiger partial charge in [0.05, 0.1) is 17.1 Å². The van der Waals surface area contributed by atoms with Crippen LogP contribution in [0.3, 0.4) is 0 Å². The maximum atomic E-state index is 12.5. The van der Waals surface area contributed by atoms with Gasteiger partial charge in [-0.05, 0) is 31.0 Å². The van der Waals surface area contributed by atoms with E-state index in [2.05, 4.69) is 5.32 Å². The highest BCUT2D eigenvalue weighted by Crippen LogP contribution is 2.21. The van der Waals surface area contributed by atoms with E-state index in [4.69, 9.17) is 4.74 Å². The molecule has 1 N–H and O–H groups in total. The van der Waals surface area contributed by atoms with Crippen LogP contribution in [-0.2, 0) is 11.2 Å². The first-order valence-corrected chi connectivity index (χ1v) is 7.82. The predicted octanol–water partition coefficient (Wildman–Crippen LogP) is 3.59. The minimum absolute atomic E-state index is 0.0168. The minimum atomic E-state index is -0.714. The van der Waals surface area contributed by atoms with Crippen molar-refractivity contribution < 1.29 is 19.2 Å². The molecule has 7 heteroatoms. The van der Waals surface area contributed by atoms with Crippen LogP contribution in [0.5, 0.6) is 0 Å². The zero-order valence-corrected chi connectivity index (χ0v) is 13.9. The number of carbonyl (C=O) groups excluding carboxylic acids is 2. The lowest BCUT2D eigenvalue weighted by Crippen LogP contribution is -2.15. The summed E-state index contributed by atoms with van der Waals surface area (Å²) in [6.07, 6.45) is 0.722. The number of nitro benzene ring substituents is 1. The third-order valence-corrected chi connectivity index (χ3v) is 3.55. The van der Waals surface area contributed by atoms with E-state index in [0.29, 0.717) is 5.69 Å². The van der Waals surface area contributed by atoms with Gasteiger partial charge in [-0.2, -0.15) is 0 Å². The summed E-state index contributed by atoms with van der Waals surface area (Å²) in [5, 5.41) is 13.8. The molecule has 0 unspecified atom stereocenters. The largest absolute Gasteiger partial charge is 0.462 e. The zero-order valence-electron chi connectivity index (χ0n) is 13.9. The van der Waals surface area contributed by atoms with Gasteiger partial charge in [0, 0.05) is 23.4 Å². The molecule has 0 saturated carbocycles. The maximum Gasteiger partial charge on any atom is 0.338 e. The number of para-hydroxylation sites is 1. The molecule has 0 saturated heterocycles. The van der Waals surface area contributed by atoms with Crippen molar-refractivity contribution in [2.45, 2.75) is 20.3 Å². The second kappa shape index (κ2) is 8.05. The first-order valence-electron chi connectivity index (χ1n) is 7.82. The number of ether oxygens (including phenoxy) is 1. The van der Waals surface area contributed by atoms with E-state index < -0.39 is 16.8 Å². The maximum absolute atomic E-state index is 12.5. The van der Waals surface area contributed by atoms with E-state index in [9.17, 15) is 19.7 Å². The second-order valence-electron chi connectivity index (χ2n) is 5.21. The molecule has 0 atom stereocenters. The fraction of sp³-hybridized carbons (Fsp3) is 0.222. The molecular weight excluding hydrogens is 324 g/mol. The van der Waals surface area contributed by atoms with Crippen LogP contribution in [0.2, 0.25) is 0 Å². The first kappa shape index (κ1) is 18.1. The number of aryl methyl sites for hydroxylation is 1. The summed E-state index contributed by atoms with van der Waals surface area (Å²) < 4.78 is 4.86. The molecule has 1 amide bonds. The third-order valence-electron chi connectivity index (χ3n) is 3.55. The number of nitrogens with zero attached hydrogens (tertiary/aromatic N) is 1. The lowest BCUT2D eigenvalue weighted by atomic mass is 10.1. The van der Waals surface area contributed by atoms with E-state index in [-0.39, 0.29) is 23.4 Å². The SMILES string of the molecule is CCOC(=O)c1cc(C(=O)Nc2ccccc2CC)cc([N+](=O)[O-])c1. The number of hydrogen-bond donors (Lipinski definition) is 1. The number of nitro groups is 1. The molecule has 0 radical (unpaired) electrons. The van der Waals surface area contributed by atoms with E-state index in [1.165, 1.54) is 6.07 Å². The standard InChI is InChI=1S/C18H18N2O5/c1-3-12-7-5-6-8-16(12)19-17(21)13-9-14(18(22)25-4-2)11-15(10-13)20(23)24/h5-11H,3-4H2,1-2H3,(H,19,21). The zero-order chi connectivity index (χ0) is 18.4. The Kier molecular flexibility index (Phi) is 5.84. The smallest absolute Gasteiger partial charge is 0.338 e. The van der Waals surface area contributed by atoms with Gasteiger partial charge in [-0.15, -0.1) is 0 Å². The summed E-state index contributed by atoms with van der Waals surface area (Å²) in [6.45, 7) is 3.72. The van der Waals surface area contributed by atoms with Gasteiger partial charge < -0.3 is 10.1 Å². The van der Waals surface area contributed by atoms with Gasteiger partial charge in [0.2, 0.25) is 0 Å². The Morgan fingerprint density at radius 1 is 1.12 bits per heavy atom. The van der Waals surface area contributed by atoms with Crippen LogP contribution < -0.4 is 5.32 Å². The minimum Gasteiger partial charge on any atom is -0.462 e. The second-order valence-corrected chi connectivity index (χ2v) is 5.21.